The fraction of sp³-hybridized carbons (Fsp3) is 0.478. The lowest BCUT2D eigenvalue weighted by Crippen LogP contribution is -2.49. The largest absolute Gasteiger partial charge is 0.491 e. The van der Waals surface area contributed by atoms with E-state index in [4.69, 9.17) is 4.74 Å². The summed E-state index contributed by atoms with van der Waals surface area (Å²) in [6, 6.07) is 14.9. The molecule has 1 unspecified atom stereocenters. The van der Waals surface area contributed by atoms with Gasteiger partial charge in [-0.25, -0.2) is 4.39 Å². The van der Waals surface area contributed by atoms with E-state index in [0.29, 0.717) is 12.2 Å². The van der Waals surface area contributed by atoms with Crippen molar-refractivity contribution in [2.45, 2.75) is 32.3 Å². The minimum absolute atomic E-state index is 0.00934. The van der Waals surface area contributed by atoms with Crippen molar-refractivity contribution >= 4 is 5.69 Å². The van der Waals surface area contributed by atoms with Crippen molar-refractivity contribution in [3.63, 3.8) is 0 Å². The van der Waals surface area contributed by atoms with Gasteiger partial charge in [-0.1, -0.05) is 51.1 Å². The van der Waals surface area contributed by atoms with Gasteiger partial charge in [-0.15, -0.1) is 0 Å². The fourth-order valence-electron chi connectivity index (χ4n) is 3.63. The van der Waals surface area contributed by atoms with Gasteiger partial charge in [-0.05, 0) is 29.2 Å². The molecular weight excluding hydrogens is 355 g/mol. The number of hydrogen-bond donors (Lipinski definition) is 1. The highest BCUT2D eigenvalue weighted by molar-refractivity contribution is 5.48. The van der Waals surface area contributed by atoms with E-state index in [-0.39, 0.29) is 17.8 Å². The van der Waals surface area contributed by atoms with Gasteiger partial charge >= 0.3 is 0 Å². The number of rotatable bonds is 6. The summed E-state index contributed by atoms with van der Waals surface area (Å²) in [4.78, 5) is 4.27. The molecule has 1 atom stereocenters. The number of aliphatic hydroxyl groups excluding tert-OH is 1. The van der Waals surface area contributed by atoms with Gasteiger partial charge in [0.2, 0.25) is 0 Å². The van der Waals surface area contributed by atoms with E-state index in [9.17, 15) is 9.50 Å². The molecule has 5 heteroatoms. The van der Waals surface area contributed by atoms with Crippen LogP contribution in [0.15, 0.2) is 48.5 Å². The zero-order chi connectivity index (χ0) is 20.1. The number of nitrogens with zero attached hydrogens (tertiary/aromatic N) is 2. The Morgan fingerprint density at radius 1 is 1.00 bits per heavy atom. The Morgan fingerprint density at radius 3 is 2.32 bits per heavy atom. The summed E-state index contributed by atoms with van der Waals surface area (Å²) in [7, 11) is 0. The first-order chi connectivity index (χ1) is 13.3. The quantitative estimate of drug-likeness (QED) is 0.822. The van der Waals surface area contributed by atoms with Crippen molar-refractivity contribution in [3.05, 3.63) is 59.9 Å². The number of ether oxygens (including phenoxy) is 1. The number of β-amino-alcohol motifs (C(OH)–C–C–N with tert-alkyl or cyclic N) is 1. The lowest BCUT2D eigenvalue weighted by Gasteiger charge is -2.37. The first kappa shape index (κ1) is 20.6. The SMILES string of the molecule is CC(C)(C)c1ccccc1OCC(O)CN1CCN(c2ccccc2F)CC1. The monoisotopic (exact) mass is 386 g/mol. The zero-order valence-corrected chi connectivity index (χ0v) is 17.1. The van der Waals surface area contributed by atoms with Crippen LogP contribution in [0.3, 0.4) is 0 Å². The van der Waals surface area contributed by atoms with E-state index < -0.39 is 6.10 Å². The highest BCUT2D eigenvalue weighted by Crippen LogP contribution is 2.31. The summed E-state index contributed by atoms with van der Waals surface area (Å²) in [6.07, 6.45) is -0.562. The predicted molar refractivity (Wildman–Crippen MR) is 112 cm³/mol. The second kappa shape index (κ2) is 8.93. The number of halogens is 1. The summed E-state index contributed by atoms with van der Waals surface area (Å²) in [5.74, 6) is 0.653. The Balaban J connectivity index is 1.48. The van der Waals surface area contributed by atoms with Gasteiger partial charge in [0, 0.05) is 32.7 Å². The van der Waals surface area contributed by atoms with Gasteiger partial charge in [0.05, 0.1) is 5.69 Å². The van der Waals surface area contributed by atoms with E-state index in [1.807, 2.05) is 30.3 Å². The number of hydrogen-bond acceptors (Lipinski definition) is 4. The first-order valence-electron chi connectivity index (χ1n) is 9.97. The molecule has 0 aromatic heterocycles. The molecular formula is C23H31FN2O2. The van der Waals surface area contributed by atoms with Crippen LogP contribution >= 0.6 is 0 Å². The topological polar surface area (TPSA) is 35.9 Å². The number of piperazine rings is 1. The Kier molecular flexibility index (Phi) is 6.57. The molecule has 0 radical (unpaired) electrons. The Morgan fingerprint density at radius 2 is 1.64 bits per heavy atom. The van der Waals surface area contributed by atoms with Crippen LogP contribution in [0.25, 0.3) is 0 Å². The van der Waals surface area contributed by atoms with Crippen molar-refractivity contribution in [1.82, 2.24) is 4.90 Å². The average molecular weight is 387 g/mol. The highest BCUT2D eigenvalue weighted by atomic mass is 19.1. The van der Waals surface area contributed by atoms with E-state index in [1.54, 1.807) is 6.07 Å². The number of anilines is 1. The molecule has 0 bridgehead atoms. The fourth-order valence-corrected chi connectivity index (χ4v) is 3.63. The van der Waals surface area contributed by atoms with Gasteiger partial charge < -0.3 is 14.7 Å². The minimum atomic E-state index is -0.562. The van der Waals surface area contributed by atoms with Crippen molar-refractivity contribution in [1.29, 1.82) is 0 Å². The molecule has 2 aromatic carbocycles. The van der Waals surface area contributed by atoms with Crippen molar-refractivity contribution in [2.75, 3.05) is 44.2 Å². The molecule has 1 fully saturated rings. The Labute approximate surface area is 167 Å². The molecule has 1 saturated heterocycles. The van der Waals surface area contributed by atoms with E-state index >= 15 is 0 Å². The van der Waals surface area contributed by atoms with E-state index in [0.717, 1.165) is 37.5 Å². The summed E-state index contributed by atoms with van der Waals surface area (Å²) in [5, 5.41) is 10.4. The third-order valence-electron chi connectivity index (χ3n) is 5.16. The average Bonchev–Trinajstić information content (AvgIpc) is 2.67. The summed E-state index contributed by atoms with van der Waals surface area (Å²) in [5.41, 5.74) is 1.79. The predicted octanol–water partition coefficient (Wildman–Crippen LogP) is 3.69. The van der Waals surface area contributed by atoms with Crippen molar-refractivity contribution in [2.24, 2.45) is 0 Å². The molecule has 28 heavy (non-hydrogen) atoms. The normalized spacial score (nSPS) is 16.8. The molecule has 4 nitrogen and oxygen atoms in total. The van der Waals surface area contributed by atoms with Crippen molar-refractivity contribution < 1.29 is 14.2 Å². The third kappa shape index (κ3) is 5.24. The maximum atomic E-state index is 13.9. The van der Waals surface area contributed by atoms with Gasteiger partial charge in [0.15, 0.2) is 0 Å². The molecule has 3 rings (SSSR count). The van der Waals surface area contributed by atoms with E-state index in [1.165, 1.54) is 6.07 Å². The number of aliphatic hydroxyl groups is 1. The van der Waals surface area contributed by atoms with Gasteiger partial charge in [0.25, 0.3) is 0 Å². The van der Waals surface area contributed by atoms with Gasteiger partial charge in [-0.2, -0.15) is 0 Å². The molecule has 0 aliphatic carbocycles. The number of benzene rings is 2. The Bertz CT molecular complexity index is 767. The second-order valence-corrected chi connectivity index (χ2v) is 8.45. The highest BCUT2D eigenvalue weighted by Gasteiger charge is 2.22. The lowest BCUT2D eigenvalue weighted by molar-refractivity contribution is 0.0656. The van der Waals surface area contributed by atoms with Crippen LogP contribution in [-0.2, 0) is 5.41 Å². The van der Waals surface area contributed by atoms with Crippen LogP contribution in [0.4, 0.5) is 10.1 Å². The molecule has 1 aliphatic rings. The minimum Gasteiger partial charge on any atom is -0.491 e. The van der Waals surface area contributed by atoms with Gasteiger partial charge in [0.1, 0.15) is 24.3 Å². The molecule has 0 spiro atoms. The van der Waals surface area contributed by atoms with Gasteiger partial charge in [-0.3, -0.25) is 4.90 Å². The first-order valence-corrected chi connectivity index (χ1v) is 9.97. The van der Waals surface area contributed by atoms with Crippen LogP contribution in [0.1, 0.15) is 26.3 Å². The maximum Gasteiger partial charge on any atom is 0.146 e. The van der Waals surface area contributed by atoms with Crippen LogP contribution in [0.2, 0.25) is 0 Å². The molecule has 0 amide bonds. The maximum absolute atomic E-state index is 13.9. The van der Waals surface area contributed by atoms with E-state index in [2.05, 4.69) is 36.6 Å². The summed E-state index contributed by atoms with van der Waals surface area (Å²) >= 11 is 0. The standard InChI is InChI=1S/C23H31FN2O2/c1-23(2,3)19-8-4-7-11-22(19)28-17-18(27)16-25-12-14-26(15-13-25)21-10-6-5-9-20(21)24/h4-11,18,27H,12-17H2,1-3H3. The van der Waals surface area contributed by atoms with Crippen LogP contribution in [0.5, 0.6) is 5.75 Å². The molecule has 152 valence electrons. The molecule has 1 aliphatic heterocycles. The lowest BCUT2D eigenvalue weighted by atomic mass is 9.86. The van der Waals surface area contributed by atoms with Crippen LogP contribution in [0, 0.1) is 5.82 Å². The third-order valence-corrected chi connectivity index (χ3v) is 5.16. The van der Waals surface area contributed by atoms with Crippen LogP contribution in [-0.4, -0.2) is 55.4 Å². The van der Waals surface area contributed by atoms with Crippen molar-refractivity contribution in [3.8, 4) is 5.75 Å². The zero-order valence-electron chi connectivity index (χ0n) is 17.1. The molecule has 0 saturated carbocycles. The summed E-state index contributed by atoms with van der Waals surface area (Å²) in [6.45, 7) is 10.4. The second-order valence-electron chi connectivity index (χ2n) is 8.45. The smallest absolute Gasteiger partial charge is 0.146 e. The number of para-hydroxylation sites is 2. The molecule has 2 aromatic rings. The molecule has 1 N–H and O–H groups in total. The Hall–Kier alpha value is -2.11. The van der Waals surface area contributed by atoms with Crippen LogP contribution < -0.4 is 9.64 Å². The molecule has 1 heterocycles. The summed E-state index contributed by atoms with van der Waals surface area (Å²) < 4.78 is 19.9.